The predicted octanol–water partition coefficient (Wildman–Crippen LogP) is 4.21. The van der Waals surface area contributed by atoms with E-state index in [1.807, 2.05) is 64.4 Å². The number of fused-ring (bicyclic) bond motifs is 1. The van der Waals surface area contributed by atoms with Gasteiger partial charge in [-0.2, -0.15) is 0 Å². The van der Waals surface area contributed by atoms with Gasteiger partial charge in [-0.3, -0.25) is 4.79 Å². The van der Waals surface area contributed by atoms with Crippen molar-refractivity contribution in [3.63, 3.8) is 0 Å². The molecule has 2 saturated heterocycles. The molecule has 0 spiro atoms. The lowest BCUT2D eigenvalue weighted by atomic mass is 9.92. The second-order valence-electron chi connectivity index (χ2n) is 8.82. The van der Waals surface area contributed by atoms with Crippen molar-refractivity contribution in [3.05, 3.63) is 60.4 Å². The number of imidazole rings is 1. The molecule has 2 N–H and O–H groups in total. The van der Waals surface area contributed by atoms with E-state index in [2.05, 4.69) is 10.3 Å². The first-order valence-electron chi connectivity index (χ1n) is 11.5. The smallest absolute Gasteiger partial charge is 0.321 e. The third kappa shape index (κ3) is 4.33. The molecule has 2 aliphatic rings. The number of para-hydroxylation sites is 3. The maximum Gasteiger partial charge on any atom is 0.321 e. The molecule has 7 nitrogen and oxygen atoms in total. The molecular weight excluding hydrogens is 402 g/mol. The summed E-state index contributed by atoms with van der Waals surface area (Å²) < 4.78 is 0. The van der Waals surface area contributed by atoms with Crippen LogP contribution in [0.3, 0.4) is 0 Å². The van der Waals surface area contributed by atoms with Gasteiger partial charge < -0.3 is 20.1 Å². The number of nitrogens with zero attached hydrogens (tertiary/aromatic N) is 3. The first kappa shape index (κ1) is 20.5. The second-order valence-corrected chi connectivity index (χ2v) is 8.82. The van der Waals surface area contributed by atoms with Crippen molar-refractivity contribution in [1.29, 1.82) is 0 Å². The van der Waals surface area contributed by atoms with Gasteiger partial charge in [0, 0.05) is 43.7 Å². The van der Waals surface area contributed by atoms with Gasteiger partial charge in [-0.05, 0) is 49.9 Å². The molecule has 7 heteroatoms. The Hall–Kier alpha value is -3.35. The molecule has 2 aliphatic heterocycles. The quantitative estimate of drug-likeness (QED) is 0.652. The number of amides is 3. The molecule has 5 rings (SSSR count). The Labute approximate surface area is 187 Å². The largest absolute Gasteiger partial charge is 0.342 e. The number of H-pyrrole nitrogens is 1. The predicted molar refractivity (Wildman–Crippen MR) is 124 cm³/mol. The van der Waals surface area contributed by atoms with Crippen LogP contribution in [0.15, 0.2) is 54.6 Å². The van der Waals surface area contributed by atoms with E-state index >= 15 is 0 Å². The van der Waals surface area contributed by atoms with Crippen LogP contribution in [0.2, 0.25) is 0 Å². The summed E-state index contributed by atoms with van der Waals surface area (Å²) in [4.78, 5) is 37.8. The Morgan fingerprint density at radius 3 is 2.44 bits per heavy atom. The number of benzene rings is 2. The van der Waals surface area contributed by atoms with Gasteiger partial charge in [0.15, 0.2) is 0 Å². The highest BCUT2D eigenvalue weighted by Crippen LogP contribution is 2.29. The highest BCUT2D eigenvalue weighted by Gasteiger charge is 2.33. The van der Waals surface area contributed by atoms with Crippen molar-refractivity contribution < 1.29 is 9.59 Å². The monoisotopic (exact) mass is 431 g/mol. The van der Waals surface area contributed by atoms with Crippen molar-refractivity contribution in [2.45, 2.75) is 31.6 Å². The molecule has 0 bridgehead atoms. The maximum absolute atomic E-state index is 13.2. The number of carbonyl (C=O) groups excluding carboxylic acids is 2. The standard InChI is InChI=1S/C25H29N5O2/c31-24(18-12-15-29(16-13-18)25(32)26-20-8-2-1-3-9-20)30-14-6-7-19(17-30)23-27-21-10-4-5-11-22(21)28-23/h1-5,8-11,18-19H,6-7,12-17H2,(H,26,32)(H,27,28)/t19-/m0/s1. The van der Waals surface area contributed by atoms with Gasteiger partial charge in [0.05, 0.1) is 11.0 Å². The number of aromatic amines is 1. The van der Waals surface area contributed by atoms with Gasteiger partial charge in [0.1, 0.15) is 5.82 Å². The lowest BCUT2D eigenvalue weighted by Crippen LogP contribution is -2.47. The van der Waals surface area contributed by atoms with E-state index < -0.39 is 0 Å². The average Bonchev–Trinajstić information content (AvgIpc) is 3.29. The third-order valence-electron chi connectivity index (χ3n) is 6.68. The van der Waals surface area contributed by atoms with E-state index in [1.165, 1.54) is 0 Å². The summed E-state index contributed by atoms with van der Waals surface area (Å²) in [6.45, 7) is 2.74. The van der Waals surface area contributed by atoms with E-state index in [1.54, 1.807) is 0 Å². The zero-order valence-corrected chi connectivity index (χ0v) is 18.2. The van der Waals surface area contributed by atoms with Gasteiger partial charge in [0.25, 0.3) is 0 Å². The fourth-order valence-electron chi connectivity index (χ4n) is 4.88. The molecule has 0 radical (unpaired) electrons. The van der Waals surface area contributed by atoms with E-state index in [4.69, 9.17) is 4.98 Å². The van der Waals surface area contributed by atoms with E-state index in [0.29, 0.717) is 32.5 Å². The molecule has 3 aromatic rings. The Morgan fingerprint density at radius 1 is 0.906 bits per heavy atom. The number of urea groups is 1. The normalized spacial score (nSPS) is 19.8. The zero-order chi connectivity index (χ0) is 21.9. The number of aromatic nitrogens is 2. The Bertz CT molecular complexity index is 1050. The van der Waals surface area contributed by atoms with E-state index in [9.17, 15) is 9.59 Å². The van der Waals surface area contributed by atoms with E-state index in [0.717, 1.165) is 41.9 Å². The molecule has 3 heterocycles. The molecule has 3 amide bonds. The van der Waals surface area contributed by atoms with Gasteiger partial charge >= 0.3 is 6.03 Å². The molecule has 0 unspecified atom stereocenters. The fraction of sp³-hybridized carbons (Fsp3) is 0.400. The average molecular weight is 432 g/mol. The van der Waals surface area contributed by atoms with Crippen molar-refractivity contribution in [2.24, 2.45) is 5.92 Å². The van der Waals surface area contributed by atoms with Crippen molar-refractivity contribution in [1.82, 2.24) is 19.8 Å². The molecule has 166 valence electrons. The Balaban J connectivity index is 1.16. The number of likely N-dealkylation sites (tertiary alicyclic amines) is 2. The van der Waals surface area contributed by atoms with Crippen molar-refractivity contribution >= 4 is 28.7 Å². The topological polar surface area (TPSA) is 81.3 Å². The second kappa shape index (κ2) is 9.02. The van der Waals surface area contributed by atoms with Crippen molar-refractivity contribution in [2.75, 3.05) is 31.5 Å². The third-order valence-corrected chi connectivity index (χ3v) is 6.68. The van der Waals surface area contributed by atoms with Crippen LogP contribution in [0.25, 0.3) is 11.0 Å². The van der Waals surface area contributed by atoms with Crippen molar-refractivity contribution in [3.8, 4) is 0 Å². The van der Waals surface area contributed by atoms with Gasteiger partial charge in [-0.25, -0.2) is 9.78 Å². The van der Waals surface area contributed by atoms with Crippen LogP contribution in [-0.2, 0) is 4.79 Å². The minimum absolute atomic E-state index is 0.00908. The maximum atomic E-state index is 13.2. The van der Waals surface area contributed by atoms with E-state index in [-0.39, 0.29) is 23.8 Å². The van der Waals surface area contributed by atoms with Crippen LogP contribution in [-0.4, -0.2) is 57.9 Å². The molecule has 32 heavy (non-hydrogen) atoms. The molecule has 2 aromatic carbocycles. The lowest BCUT2D eigenvalue weighted by Gasteiger charge is -2.37. The lowest BCUT2D eigenvalue weighted by molar-refractivity contribution is -0.138. The first-order valence-corrected chi connectivity index (χ1v) is 11.5. The number of nitrogens with one attached hydrogen (secondary N) is 2. The van der Waals surface area contributed by atoms with Gasteiger partial charge in [0.2, 0.25) is 5.91 Å². The highest BCUT2D eigenvalue weighted by molar-refractivity contribution is 5.89. The molecule has 1 atom stereocenters. The summed E-state index contributed by atoms with van der Waals surface area (Å²) in [5.74, 6) is 1.45. The van der Waals surface area contributed by atoms with Crippen LogP contribution in [0.1, 0.15) is 37.4 Å². The number of carbonyl (C=O) groups is 2. The summed E-state index contributed by atoms with van der Waals surface area (Å²) >= 11 is 0. The molecule has 0 aliphatic carbocycles. The SMILES string of the molecule is O=C(Nc1ccccc1)N1CCC(C(=O)N2CCC[C@H](c3nc4ccccc4[nH]3)C2)CC1. The summed E-state index contributed by atoms with van der Waals surface area (Å²) in [5.41, 5.74) is 2.82. The highest BCUT2D eigenvalue weighted by atomic mass is 16.2. The van der Waals surface area contributed by atoms with Crippen LogP contribution in [0, 0.1) is 5.92 Å². The van der Waals surface area contributed by atoms with Gasteiger partial charge in [-0.1, -0.05) is 30.3 Å². The minimum Gasteiger partial charge on any atom is -0.342 e. The summed E-state index contributed by atoms with van der Waals surface area (Å²) in [6, 6.07) is 17.4. The summed E-state index contributed by atoms with van der Waals surface area (Å²) in [5, 5.41) is 2.94. The summed E-state index contributed by atoms with van der Waals surface area (Å²) in [6.07, 6.45) is 3.47. The van der Waals surface area contributed by atoms with Crippen LogP contribution < -0.4 is 5.32 Å². The van der Waals surface area contributed by atoms with Gasteiger partial charge in [-0.15, -0.1) is 0 Å². The first-order chi connectivity index (χ1) is 15.7. The zero-order valence-electron chi connectivity index (χ0n) is 18.2. The number of hydrogen-bond donors (Lipinski definition) is 2. The fourth-order valence-corrected chi connectivity index (χ4v) is 4.88. The Morgan fingerprint density at radius 2 is 1.66 bits per heavy atom. The van der Waals surface area contributed by atoms with Crippen LogP contribution in [0.5, 0.6) is 0 Å². The van der Waals surface area contributed by atoms with Crippen LogP contribution >= 0.6 is 0 Å². The number of piperidine rings is 2. The molecular formula is C25H29N5O2. The van der Waals surface area contributed by atoms with Crippen LogP contribution in [0.4, 0.5) is 10.5 Å². The summed E-state index contributed by atoms with van der Waals surface area (Å²) in [7, 11) is 0. The minimum atomic E-state index is -0.0926. The molecule has 2 fully saturated rings. The number of rotatable bonds is 3. The molecule has 0 saturated carbocycles. The Kier molecular flexibility index (Phi) is 5.79. The number of anilines is 1. The number of hydrogen-bond acceptors (Lipinski definition) is 3. The molecule has 1 aromatic heterocycles.